The molecule has 0 amide bonds. The smallest absolute Gasteiger partial charge is 0.148 e. The van der Waals surface area contributed by atoms with Crippen molar-refractivity contribution in [2.24, 2.45) is 0 Å². The lowest BCUT2D eigenvalue weighted by atomic mass is 10.2. The average Bonchev–Trinajstić information content (AvgIpc) is 2.14. The van der Waals surface area contributed by atoms with Gasteiger partial charge in [-0.25, -0.2) is 4.39 Å². The van der Waals surface area contributed by atoms with Crippen LogP contribution < -0.4 is 10.6 Å². The molecule has 1 aromatic carbocycles. The number of benzene rings is 1. The van der Waals surface area contributed by atoms with Gasteiger partial charge in [0.1, 0.15) is 5.82 Å². The SMILES string of the molecule is CSCCN(C)c1ccc(N)cc1F. The molecule has 0 aliphatic carbocycles. The molecule has 0 atom stereocenters. The minimum atomic E-state index is -0.256. The quantitative estimate of drug-likeness (QED) is 0.779. The molecule has 0 bridgehead atoms. The highest BCUT2D eigenvalue weighted by Crippen LogP contribution is 2.20. The molecule has 4 heteroatoms. The van der Waals surface area contributed by atoms with Crippen molar-refractivity contribution < 1.29 is 4.39 Å². The number of nitrogen functional groups attached to an aromatic ring is 1. The first-order valence-corrected chi connectivity index (χ1v) is 5.79. The molecular formula is C10H15FN2S. The Balaban J connectivity index is 2.74. The molecule has 78 valence electrons. The molecule has 1 aromatic rings. The molecule has 0 aliphatic rings. The van der Waals surface area contributed by atoms with E-state index in [1.807, 2.05) is 18.2 Å². The standard InChI is InChI=1S/C10H15FN2S/c1-13(5-6-14-2)10-4-3-8(12)7-9(10)11/h3-4,7H,5-6,12H2,1-2H3. The van der Waals surface area contributed by atoms with E-state index in [-0.39, 0.29) is 5.82 Å². The van der Waals surface area contributed by atoms with Crippen LogP contribution in [0.5, 0.6) is 0 Å². The molecule has 14 heavy (non-hydrogen) atoms. The Hall–Kier alpha value is -0.900. The third-order valence-electron chi connectivity index (χ3n) is 2.01. The van der Waals surface area contributed by atoms with Gasteiger partial charge in [0.2, 0.25) is 0 Å². The van der Waals surface area contributed by atoms with E-state index in [9.17, 15) is 4.39 Å². The number of anilines is 2. The first kappa shape index (κ1) is 11.2. The average molecular weight is 214 g/mol. The van der Waals surface area contributed by atoms with Crippen molar-refractivity contribution in [3.63, 3.8) is 0 Å². The fourth-order valence-corrected chi connectivity index (χ4v) is 1.64. The molecular weight excluding hydrogens is 199 g/mol. The number of nitrogens with two attached hydrogens (primary N) is 1. The molecule has 0 unspecified atom stereocenters. The summed E-state index contributed by atoms with van der Waals surface area (Å²) in [5.41, 5.74) is 6.53. The van der Waals surface area contributed by atoms with E-state index in [0.717, 1.165) is 12.3 Å². The van der Waals surface area contributed by atoms with Crippen molar-refractivity contribution in [2.45, 2.75) is 0 Å². The van der Waals surface area contributed by atoms with Crippen molar-refractivity contribution in [1.29, 1.82) is 0 Å². The molecule has 0 radical (unpaired) electrons. The maximum atomic E-state index is 13.4. The molecule has 0 spiro atoms. The Morgan fingerprint density at radius 2 is 2.21 bits per heavy atom. The Morgan fingerprint density at radius 3 is 2.79 bits per heavy atom. The Bertz CT molecular complexity index is 304. The predicted octanol–water partition coefficient (Wildman–Crippen LogP) is 2.21. The fourth-order valence-electron chi connectivity index (χ4n) is 1.18. The topological polar surface area (TPSA) is 29.3 Å². The Labute approximate surface area is 88.3 Å². The number of thioether (sulfide) groups is 1. The third kappa shape index (κ3) is 2.80. The Kier molecular flexibility index (Phi) is 4.07. The molecule has 0 aromatic heterocycles. The van der Waals surface area contributed by atoms with Crippen LogP contribution in [-0.2, 0) is 0 Å². The van der Waals surface area contributed by atoms with E-state index >= 15 is 0 Å². The lowest BCUT2D eigenvalue weighted by Gasteiger charge is -2.19. The summed E-state index contributed by atoms with van der Waals surface area (Å²) in [6.07, 6.45) is 2.03. The number of halogens is 1. The molecule has 1 rings (SSSR count). The van der Waals surface area contributed by atoms with Crippen LogP contribution >= 0.6 is 11.8 Å². The maximum absolute atomic E-state index is 13.4. The van der Waals surface area contributed by atoms with Crippen molar-refractivity contribution >= 4 is 23.1 Å². The lowest BCUT2D eigenvalue weighted by molar-refractivity contribution is 0.624. The Morgan fingerprint density at radius 1 is 1.50 bits per heavy atom. The van der Waals surface area contributed by atoms with Crippen LogP contribution in [-0.4, -0.2) is 25.6 Å². The predicted molar refractivity (Wildman–Crippen MR) is 62.5 cm³/mol. The summed E-state index contributed by atoms with van der Waals surface area (Å²) in [6.45, 7) is 0.835. The van der Waals surface area contributed by atoms with Gasteiger partial charge < -0.3 is 10.6 Å². The zero-order valence-electron chi connectivity index (χ0n) is 8.46. The van der Waals surface area contributed by atoms with Gasteiger partial charge in [-0.05, 0) is 24.5 Å². The van der Waals surface area contributed by atoms with Crippen LogP contribution in [0.2, 0.25) is 0 Å². The van der Waals surface area contributed by atoms with Crippen LogP contribution in [0, 0.1) is 5.82 Å². The summed E-state index contributed by atoms with van der Waals surface area (Å²) >= 11 is 1.74. The maximum Gasteiger partial charge on any atom is 0.148 e. The first-order chi connectivity index (χ1) is 6.65. The summed E-state index contributed by atoms with van der Waals surface area (Å²) in [5, 5.41) is 0. The van der Waals surface area contributed by atoms with Crippen LogP contribution in [0.3, 0.4) is 0 Å². The van der Waals surface area contributed by atoms with Gasteiger partial charge in [0.15, 0.2) is 0 Å². The van der Waals surface area contributed by atoms with Gasteiger partial charge in [-0.2, -0.15) is 11.8 Å². The van der Waals surface area contributed by atoms with Gasteiger partial charge in [-0.1, -0.05) is 0 Å². The van der Waals surface area contributed by atoms with E-state index in [2.05, 4.69) is 0 Å². The van der Waals surface area contributed by atoms with Crippen LogP contribution in [0.4, 0.5) is 15.8 Å². The second kappa shape index (κ2) is 5.10. The molecule has 0 saturated heterocycles. The molecule has 0 heterocycles. The monoisotopic (exact) mass is 214 g/mol. The highest BCUT2D eigenvalue weighted by Gasteiger charge is 2.06. The van der Waals surface area contributed by atoms with Gasteiger partial charge in [0.05, 0.1) is 5.69 Å². The second-order valence-electron chi connectivity index (χ2n) is 3.13. The molecule has 0 fully saturated rings. The first-order valence-electron chi connectivity index (χ1n) is 4.40. The zero-order chi connectivity index (χ0) is 10.6. The van der Waals surface area contributed by atoms with E-state index < -0.39 is 0 Å². The summed E-state index contributed by atoms with van der Waals surface area (Å²) < 4.78 is 13.4. The van der Waals surface area contributed by atoms with Gasteiger partial charge in [0.25, 0.3) is 0 Å². The third-order valence-corrected chi connectivity index (χ3v) is 2.60. The molecule has 2 N–H and O–H groups in total. The minimum Gasteiger partial charge on any atom is -0.399 e. The van der Waals surface area contributed by atoms with Gasteiger partial charge in [-0.3, -0.25) is 0 Å². The van der Waals surface area contributed by atoms with Gasteiger partial charge in [-0.15, -0.1) is 0 Å². The van der Waals surface area contributed by atoms with E-state index in [4.69, 9.17) is 5.73 Å². The van der Waals surface area contributed by atoms with Crippen molar-refractivity contribution in [1.82, 2.24) is 0 Å². The molecule has 0 saturated carbocycles. The zero-order valence-corrected chi connectivity index (χ0v) is 9.27. The van der Waals surface area contributed by atoms with E-state index in [1.165, 1.54) is 6.07 Å². The number of hydrogen-bond acceptors (Lipinski definition) is 3. The van der Waals surface area contributed by atoms with Crippen LogP contribution in [0.1, 0.15) is 0 Å². The summed E-state index contributed by atoms with van der Waals surface area (Å²) in [7, 11) is 1.88. The highest BCUT2D eigenvalue weighted by atomic mass is 32.2. The fraction of sp³-hybridized carbons (Fsp3) is 0.400. The highest BCUT2D eigenvalue weighted by molar-refractivity contribution is 7.98. The summed E-state index contributed by atoms with van der Waals surface area (Å²) in [6, 6.07) is 4.78. The van der Waals surface area contributed by atoms with Crippen molar-refractivity contribution in [3.8, 4) is 0 Å². The number of rotatable bonds is 4. The largest absolute Gasteiger partial charge is 0.399 e. The number of nitrogens with zero attached hydrogens (tertiary/aromatic N) is 1. The lowest BCUT2D eigenvalue weighted by Crippen LogP contribution is -2.21. The molecule has 0 aliphatic heterocycles. The normalized spacial score (nSPS) is 10.2. The second-order valence-corrected chi connectivity index (χ2v) is 4.11. The summed E-state index contributed by atoms with van der Waals surface area (Å²) in [4.78, 5) is 1.89. The number of hydrogen-bond donors (Lipinski definition) is 1. The minimum absolute atomic E-state index is 0.256. The van der Waals surface area contributed by atoms with Crippen molar-refractivity contribution in [3.05, 3.63) is 24.0 Å². The van der Waals surface area contributed by atoms with Crippen LogP contribution in [0.25, 0.3) is 0 Å². The van der Waals surface area contributed by atoms with Crippen LogP contribution in [0.15, 0.2) is 18.2 Å². The van der Waals surface area contributed by atoms with Gasteiger partial charge >= 0.3 is 0 Å². The van der Waals surface area contributed by atoms with E-state index in [1.54, 1.807) is 23.9 Å². The van der Waals surface area contributed by atoms with Crippen molar-refractivity contribution in [2.75, 3.05) is 36.2 Å². The van der Waals surface area contributed by atoms with E-state index in [0.29, 0.717) is 11.4 Å². The molecule has 2 nitrogen and oxygen atoms in total. The summed E-state index contributed by atoms with van der Waals surface area (Å²) in [5.74, 6) is 0.731. The van der Waals surface area contributed by atoms with Gasteiger partial charge in [0, 0.05) is 25.0 Å².